The van der Waals surface area contributed by atoms with Gasteiger partial charge in [-0.1, -0.05) is 62.5 Å². The van der Waals surface area contributed by atoms with Gasteiger partial charge in [-0.3, -0.25) is 0 Å². The molecule has 0 spiro atoms. The summed E-state index contributed by atoms with van der Waals surface area (Å²) in [6.07, 6.45) is 0.697. The van der Waals surface area contributed by atoms with Crippen LogP contribution in [0.5, 0.6) is 0 Å². The molecule has 1 unspecified atom stereocenters. The summed E-state index contributed by atoms with van der Waals surface area (Å²) in [4.78, 5) is 0. The zero-order chi connectivity index (χ0) is 15.4. The Morgan fingerprint density at radius 2 is 1.95 bits per heavy atom. The van der Waals surface area contributed by atoms with Crippen LogP contribution in [0.1, 0.15) is 24.1 Å². The van der Waals surface area contributed by atoms with Gasteiger partial charge in [0.05, 0.1) is 5.02 Å². The van der Waals surface area contributed by atoms with E-state index in [4.69, 9.17) is 11.6 Å². The molecule has 0 aromatic heterocycles. The van der Waals surface area contributed by atoms with Crippen LogP contribution in [0.4, 0.5) is 4.39 Å². The Labute approximate surface area is 146 Å². The first-order valence-corrected chi connectivity index (χ1v) is 8.60. The lowest BCUT2D eigenvalue weighted by Gasteiger charge is -2.20. The van der Waals surface area contributed by atoms with Gasteiger partial charge < -0.3 is 5.32 Å². The van der Waals surface area contributed by atoms with Crippen molar-refractivity contribution in [3.8, 4) is 0 Å². The Balaban J connectivity index is 2.28. The molecule has 0 bridgehead atoms. The summed E-state index contributed by atoms with van der Waals surface area (Å²) in [5, 5.41) is 3.60. The van der Waals surface area contributed by atoms with Crippen molar-refractivity contribution in [2.75, 3.05) is 6.54 Å². The molecular formula is C16H15Br2ClFN. The molecule has 21 heavy (non-hydrogen) atoms. The van der Waals surface area contributed by atoms with Crippen molar-refractivity contribution < 1.29 is 4.39 Å². The van der Waals surface area contributed by atoms with Gasteiger partial charge in [-0.05, 0) is 48.4 Å². The Kier molecular flexibility index (Phi) is 6.23. The molecule has 0 saturated carbocycles. The molecule has 112 valence electrons. The lowest BCUT2D eigenvalue weighted by Crippen LogP contribution is -2.23. The highest BCUT2D eigenvalue weighted by Gasteiger charge is 2.15. The molecule has 2 aromatic carbocycles. The van der Waals surface area contributed by atoms with Crippen LogP contribution >= 0.6 is 43.5 Å². The predicted octanol–water partition coefficient (Wildman–Crippen LogP) is 5.90. The summed E-state index contributed by atoms with van der Waals surface area (Å²) in [7, 11) is 0. The van der Waals surface area contributed by atoms with Gasteiger partial charge in [-0.25, -0.2) is 4.39 Å². The van der Waals surface area contributed by atoms with Gasteiger partial charge in [-0.2, -0.15) is 0 Å². The lowest BCUT2D eigenvalue weighted by atomic mass is 9.99. The van der Waals surface area contributed by atoms with E-state index in [-0.39, 0.29) is 16.9 Å². The monoisotopic (exact) mass is 433 g/mol. The fourth-order valence-corrected chi connectivity index (χ4v) is 3.67. The van der Waals surface area contributed by atoms with Crippen LogP contribution in [0.15, 0.2) is 45.3 Å². The summed E-state index contributed by atoms with van der Waals surface area (Å²) in [5.74, 6) is -0.376. The second-order valence-corrected chi connectivity index (χ2v) is 6.91. The first-order valence-electron chi connectivity index (χ1n) is 6.63. The molecular weight excluding hydrogens is 420 g/mol. The largest absolute Gasteiger partial charge is 0.310 e. The summed E-state index contributed by atoms with van der Waals surface area (Å²) in [6, 6.07) is 11.2. The minimum Gasteiger partial charge on any atom is -0.310 e. The van der Waals surface area contributed by atoms with E-state index >= 15 is 0 Å². The number of likely N-dealkylation sites (N-methyl/N-ethyl adjacent to an activating group) is 1. The summed E-state index contributed by atoms with van der Waals surface area (Å²) < 4.78 is 15.6. The van der Waals surface area contributed by atoms with E-state index in [2.05, 4.69) is 50.2 Å². The van der Waals surface area contributed by atoms with Gasteiger partial charge in [0.15, 0.2) is 0 Å². The Bertz CT molecular complexity index is 634. The van der Waals surface area contributed by atoms with E-state index in [9.17, 15) is 4.39 Å². The zero-order valence-corrected chi connectivity index (χ0v) is 15.4. The van der Waals surface area contributed by atoms with Crippen molar-refractivity contribution in [1.82, 2.24) is 5.32 Å². The van der Waals surface area contributed by atoms with Crippen molar-refractivity contribution in [1.29, 1.82) is 0 Å². The van der Waals surface area contributed by atoms with Crippen molar-refractivity contribution in [3.05, 3.63) is 67.3 Å². The maximum Gasteiger partial charge on any atom is 0.142 e. The number of hydrogen-bond acceptors (Lipinski definition) is 1. The quantitative estimate of drug-likeness (QED) is 0.617. The van der Waals surface area contributed by atoms with E-state index in [1.54, 1.807) is 6.07 Å². The fraction of sp³-hybridized carbons (Fsp3) is 0.250. The third-order valence-corrected chi connectivity index (χ3v) is 4.70. The maximum atomic E-state index is 13.6. The van der Waals surface area contributed by atoms with Crippen molar-refractivity contribution in [2.24, 2.45) is 0 Å². The molecule has 2 rings (SSSR count). The third-order valence-electron chi connectivity index (χ3n) is 3.21. The van der Waals surface area contributed by atoms with E-state index in [1.807, 2.05) is 18.2 Å². The Morgan fingerprint density at radius 1 is 1.19 bits per heavy atom. The van der Waals surface area contributed by atoms with Crippen LogP contribution in [0, 0.1) is 5.82 Å². The number of halogens is 4. The number of hydrogen-bond donors (Lipinski definition) is 1. The smallest absolute Gasteiger partial charge is 0.142 e. The van der Waals surface area contributed by atoms with E-state index in [0.29, 0.717) is 6.42 Å². The summed E-state index contributed by atoms with van der Waals surface area (Å²) >= 11 is 12.8. The maximum absolute atomic E-state index is 13.6. The summed E-state index contributed by atoms with van der Waals surface area (Å²) in [5.41, 5.74) is 2.06. The first-order chi connectivity index (χ1) is 10.0. The van der Waals surface area contributed by atoms with Gasteiger partial charge in [-0.15, -0.1) is 0 Å². The standard InChI is InChI=1S/C16H15Br2ClFN/c1-2-21-16(12-5-4-11(17)9-13(12)18)8-10-3-6-14(19)15(20)7-10/h3-7,9,16,21H,2,8H2,1H3. The number of nitrogens with one attached hydrogen (secondary N) is 1. The average Bonchev–Trinajstić information content (AvgIpc) is 2.42. The van der Waals surface area contributed by atoms with Crippen LogP contribution in [-0.2, 0) is 6.42 Å². The Morgan fingerprint density at radius 3 is 2.57 bits per heavy atom. The molecule has 0 radical (unpaired) electrons. The predicted molar refractivity (Wildman–Crippen MR) is 93.4 cm³/mol. The van der Waals surface area contributed by atoms with E-state index in [0.717, 1.165) is 26.6 Å². The molecule has 5 heteroatoms. The molecule has 0 aliphatic heterocycles. The molecule has 2 aromatic rings. The van der Waals surface area contributed by atoms with Crippen LogP contribution in [-0.4, -0.2) is 6.54 Å². The lowest BCUT2D eigenvalue weighted by molar-refractivity contribution is 0.545. The number of benzene rings is 2. The molecule has 0 aliphatic carbocycles. The topological polar surface area (TPSA) is 12.0 Å². The minimum atomic E-state index is -0.376. The van der Waals surface area contributed by atoms with Crippen LogP contribution < -0.4 is 5.32 Å². The highest BCUT2D eigenvalue weighted by molar-refractivity contribution is 9.11. The van der Waals surface area contributed by atoms with Gasteiger partial charge in [0.25, 0.3) is 0 Å². The fourth-order valence-electron chi connectivity index (χ4n) is 2.22. The summed E-state index contributed by atoms with van der Waals surface area (Å²) in [6.45, 7) is 2.89. The highest BCUT2D eigenvalue weighted by Crippen LogP contribution is 2.29. The minimum absolute atomic E-state index is 0.109. The third kappa shape index (κ3) is 4.52. The normalized spacial score (nSPS) is 12.4. The molecule has 0 heterocycles. The average molecular weight is 436 g/mol. The van der Waals surface area contributed by atoms with Crippen LogP contribution in [0.2, 0.25) is 5.02 Å². The van der Waals surface area contributed by atoms with Crippen molar-refractivity contribution >= 4 is 43.5 Å². The first kappa shape index (κ1) is 16.9. The highest BCUT2D eigenvalue weighted by atomic mass is 79.9. The molecule has 1 nitrogen and oxygen atoms in total. The molecule has 1 atom stereocenters. The van der Waals surface area contributed by atoms with Crippen LogP contribution in [0.3, 0.4) is 0 Å². The van der Waals surface area contributed by atoms with Gasteiger partial charge in [0.2, 0.25) is 0 Å². The SMILES string of the molecule is CCNC(Cc1ccc(Cl)c(F)c1)c1ccc(Br)cc1Br. The van der Waals surface area contributed by atoms with Crippen LogP contribution in [0.25, 0.3) is 0 Å². The van der Waals surface area contributed by atoms with Gasteiger partial charge in [0, 0.05) is 15.0 Å². The second kappa shape index (κ2) is 7.73. The van der Waals surface area contributed by atoms with E-state index < -0.39 is 0 Å². The van der Waals surface area contributed by atoms with Crippen molar-refractivity contribution in [3.63, 3.8) is 0 Å². The van der Waals surface area contributed by atoms with Gasteiger partial charge >= 0.3 is 0 Å². The molecule has 0 aliphatic rings. The second-order valence-electron chi connectivity index (χ2n) is 4.73. The van der Waals surface area contributed by atoms with Crippen molar-refractivity contribution in [2.45, 2.75) is 19.4 Å². The Hall–Kier alpha value is -0.420. The zero-order valence-electron chi connectivity index (χ0n) is 11.5. The molecule has 0 fully saturated rings. The molecule has 1 N–H and O–H groups in total. The molecule has 0 saturated heterocycles. The number of rotatable bonds is 5. The van der Waals surface area contributed by atoms with Gasteiger partial charge in [0.1, 0.15) is 5.82 Å². The van der Waals surface area contributed by atoms with E-state index in [1.165, 1.54) is 6.07 Å². The molecule has 0 amide bonds.